The molecule has 1 saturated carbocycles. The van der Waals surface area contributed by atoms with Crippen molar-refractivity contribution >= 4 is 11.7 Å². The van der Waals surface area contributed by atoms with Gasteiger partial charge in [0, 0.05) is 36.1 Å². The number of methoxy groups -OCH3 is 1. The summed E-state index contributed by atoms with van der Waals surface area (Å²) in [5.74, 6) is 0.548. The average molecular weight is 417 g/mol. The summed E-state index contributed by atoms with van der Waals surface area (Å²) in [6.45, 7) is 2.51. The number of carbonyl (C=O) groups excluding carboxylic acids is 1. The largest absolute Gasteiger partial charge is 0.473 e. The number of hydrogen-bond donors (Lipinski definition) is 0. The van der Waals surface area contributed by atoms with Gasteiger partial charge in [-0.1, -0.05) is 42.5 Å². The van der Waals surface area contributed by atoms with Gasteiger partial charge in [-0.2, -0.15) is 0 Å². The smallest absolute Gasteiger partial charge is 0.308 e. The molecule has 0 bridgehead atoms. The molecule has 0 N–H and O–H groups in total. The minimum atomic E-state index is -0.102. The summed E-state index contributed by atoms with van der Waals surface area (Å²) < 4.78 is 10.7. The van der Waals surface area contributed by atoms with Crippen molar-refractivity contribution < 1.29 is 14.3 Å². The maximum Gasteiger partial charge on any atom is 0.308 e. The summed E-state index contributed by atoms with van der Waals surface area (Å²) in [4.78, 5) is 18.6. The Balaban J connectivity index is 1.44. The Labute approximate surface area is 183 Å². The Morgan fingerprint density at radius 3 is 2.55 bits per heavy atom. The average Bonchev–Trinajstić information content (AvgIpc) is 2.77. The van der Waals surface area contributed by atoms with Crippen LogP contribution in [0.25, 0.3) is 11.1 Å². The van der Waals surface area contributed by atoms with E-state index in [1.54, 1.807) is 0 Å². The number of ether oxygens (including phenoxy) is 2. The zero-order valence-corrected chi connectivity index (χ0v) is 18.2. The van der Waals surface area contributed by atoms with Gasteiger partial charge in [0.1, 0.15) is 6.61 Å². The maximum atomic E-state index is 11.7. The lowest BCUT2D eigenvalue weighted by Crippen LogP contribution is -2.45. The van der Waals surface area contributed by atoms with E-state index < -0.39 is 0 Å². The second-order valence-corrected chi connectivity index (χ2v) is 8.06. The molecule has 0 spiro atoms. The minimum absolute atomic E-state index is 0.0236. The van der Waals surface area contributed by atoms with Crippen LogP contribution in [0.2, 0.25) is 0 Å². The maximum absolute atomic E-state index is 11.7. The summed E-state index contributed by atoms with van der Waals surface area (Å²) in [6, 6.07) is 22.9. The summed E-state index contributed by atoms with van der Waals surface area (Å²) in [5.41, 5.74) is 5.39. The van der Waals surface area contributed by atoms with Crippen molar-refractivity contribution in [1.82, 2.24) is 4.98 Å². The molecule has 1 fully saturated rings. The number of pyridine rings is 1. The predicted molar refractivity (Wildman–Crippen MR) is 122 cm³/mol. The van der Waals surface area contributed by atoms with E-state index in [1.165, 1.54) is 7.11 Å². The van der Waals surface area contributed by atoms with E-state index in [-0.39, 0.29) is 11.9 Å². The zero-order chi connectivity index (χ0) is 21.8. The molecule has 1 aromatic heterocycles. The first-order chi connectivity index (χ1) is 15.0. The fourth-order valence-electron chi connectivity index (χ4n) is 4.02. The third-order valence-electron chi connectivity index (χ3n) is 6.05. The Morgan fingerprint density at radius 1 is 1.06 bits per heavy atom. The third-order valence-corrected chi connectivity index (χ3v) is 6.05. The molecule has 1 aliphatic carbocycles. The number of hydrogen-bond acceptors (Lipinski definition) is 5. The number of rotatable bonds is 7. The van der Waals surface area contributed by atoms with Gasteiger partial charge in [-0.25, -0.2) is 4.98 Å². The van der Waals surface area contributed by atoms with Gasteiger partial charge in [0.25, 0.3) is 0 Å². The lowest BCUT2D eigenvalue weighted by atomic mass is 9.79. The first-order valence-corrected chi connectivity index (χ1v) is 10.6. The van der Waals surface area contributed by atoms with Crippen LogP contribution in [-0.2, 0) is 16.1 Å². The van der Waals surface area contributed by atoms with Gasteiger partial charge in [0.15, 0.2) is 0 Å². The molecule has 0 saturated heterocycles. The molecule has 4 rings (SSSR count). The normalized spacial score (nSPS) is 17.5. The highest BCUT2D eigenvalue weighted by molar-refractivity contribution is 5.74. The van der Waals surface area contributed by atoms with E-state index in [0.717, 1.165) is 40.9 Å². The van der Waals surface area contributed by atoms with Crippen LogP contribution in [0.5, 0.6) is 5.88 Å². The molecule has 31 heavy (non-hydrogen) atoms. The van der Waals surface area contributed by atoms with Crippen LogP contribution in [0.15, 0.2) is 66.7 Å². The van der Waals surface area contributed by atoms with Crippen LogP contribution in [0.1, 0.15) is 24.1 Å². The van der Waals surface area contributed by atoms with Crippen LogP contribution in [0.4, 0.5) is 5.69 Å². The molecule has 5 nitrogen and oxygen atoms in total. The number of benzene rings is 2. The highest BCUT2D eigenvalue weighted by Gasteiger charge is 2.37. The van der Waals surface area contributed by atoms with Gasteiger partial charge in [-0.15, -0.1) is 0 Å². The molecule has 1 aliphatic rings. The van der Waals surface area contributed by atoms with Crippen molar-refractivity contribution in [3.63, 3.8) is 0 Å². The molecule has 5 heteroatoms. The number of anilines is 1. The summed E-state index contributed by atoms with van der Waals surface area (Å²) in [7, 11) is 3.54. The first kappa shape index (κ1) is 20.9. The van der Waals surface area contributed by atoms with Gasteiger partial charge in [-0.05, 0) is 49.1 Å². The molecule has 3 aromatic rings. The third kappa shape index (κ3) is 4.71. The molecule has 0 radical (unpaired) electrons. The lowest BCUT2D eigenvalue weighted by molar-refractivity contribution is -0.148. The number of carbonyl (C=O) groups is 1. The van der Waals surface area contributed by atoms with Crippen molar-refractivity contribution in [2.75, 3.05) is 19.1 Å². The number of aryl methyl sites for hydroxylation is 1. The lowest BCUT2D eigenvalue weighted by Gasteiger charge is -2.41. The van der Waals surface area contributed by atoms with E-state index in [1.807, 2.05) is 43.3 Å². The SMILES string of the molecule is COC(=O)C1CC(N(C)c2cccc(-c3ccc(OCc4ccccc4)nc3C)c2)C1. The van der Waals surface area contributed by atoms with Crippen LogP contribution >= 0.6 is 0 Å². The Hall–Kier alpha value is -3.34. The molecule has 2 aromatic carbocycles. The van der Waals surface area contributed by atoms with Crippen LogP contribution in [0.3, 0.4) is 0 Å². The van der Waals surface area contributed by atoms with Crippen molar-refractivity contribution in [3.05, 3.63) is 78.0 Å². The molecule has 160 valence electrons. The van der Waals surface area contributed by atoms with Crippen LogP contribution in [0, 0.1) is 12.8 Å². The second-order valence-electron chi connectivity index (χ2n) is 8.06. The standard InChI is InChI=1S/C26H28N2O3/c1-18-24(12-13-25(27-18)31-17-19-8-5-4-6-9-19)20-10-7-11-22(14-20)28(2)23-15-21(16-23)26(29)30-3/h4-14,21,23H,15-17H2,1-3H3. The quantitative estimate of drug-likeness (QED) is 0.506. The predicted octanol–water partition coefficient (Wildman–Crippen LogP) is 5.02. The van der Waals surface area contributed by atoms with Gasteiger partial charge in [0.2, 0.25) is 5.88 Å². The van der Waals surface area contributed by atoms with Gasteiger partial charge >= 0.3 is 5.97 Å². The summed E-state index contributed by atoms with van der Waals surface area (Å²) in [6.07, 6.45) is 1.67. The molecule has 0 aliphatic heterocycles. The molecular weight excluding hydrogens is 388 g/mol. The first-order valence-electron chi connectivity index (χ1n) is 10.6. The van der Waals surface area contributed by atoms with Crippen LogP contribution in [-0.4, -0.2) is 31.2 Å². The zero-order valence-electron chi connectivity index (χ0n) is 18.2. The van der Waals surface area contributed by atoms with E-state index in [2.05, 4.69) is 47.3 Å². The van der Waals surface area contributed by atoms with Gasteiger partial charge in [-0.3, -0.25) is 4.79 Å². The Bertz CT molecular complexity index is 1050. The van der Waals surface area contributed by atoms with Crippen LogP contribution < -0.4 is 9.64 Å². The van der Waals surface area contributed by atoms with Crippen molar-refractivity contribution in [2.45, 2.75) is 32.4 Å². The summed E-state index contributed by atoms with van der Waals surface area (Å²) in [5, 5.41) is 0. The topological polar surface area (TPSA) is 51.7 Å². The van der Waals surface area contributed by atoms with E-state index in [4.69, 9.17) is 9.47 Å². The van der Waals surface area contributed by atoms with E-state index in [9.17, 15) is 4.79 Å². The Kier molecular flexibility index (Phi) is 6.21. The molecular formula is C26H28N2O3. The molecule has 1 heterocycles. The van der Waals surface area contributed by atoms with E-state index in [0.29, 0.717) is 18.5 Å². The highest BCUT2D eigenvalue weighted by Crippen LogP contribution is 2.36. The fourth-order valence-corrected chi connectivity index (χ4v) is 4.02. The highest BCUT2D eigenvalue weighted by atomic mass is 16.5. The monoisotopic (exact) mass is 416 g/mol. The van der Waals surface area contributed by atoms with Crippen molar-refractivity contribution in [1.29, 1.82) is 0 Å². The Morgan fingerprint density at radius 2 is 1.84 bits per heavy atom. The fraction of sp³-hybridized carbons (Fsp3) is 0.308. The van der Waals surface area contributed by atoms with Crippen molar-refractivity contribution in [2.24, 2.45) is 5.92 Å². The molecule has 0 atom stereocenters. The summed E-state index contributed by atoms with van der Waals surface area (Å²) >= 11 is 0. The van der Waals surface area contributed by atoms with Crippen molar-refractivity contribution in [3.8, 4) is 17.0 Å². The minimum Gasteiger partial charge on any atom is -0.473 e. The number of esters is 1. The van der Waals surface area contributed by atoms with Gasteiger partial charge in [0.05, 0.1) is 13.0 Å². The van der Waals surface area contributed by atoms with Gasteiger partial charge < -0.3 is 14.4 Å². The second kappa shape index (κ2) is 9.21. The van der Waals surface area contributed by atoms with E-state index >= 15 is 0 Å². The molecule has 0 unspecified atom stereocenters. The number of nitrogens with zero attached hydrogens (tertiary/aromatic N) is 2. The molecule has 0 amide bonds. The number of aromatic nitrogens is 1.